The van der Waals surface area contributed by atoms with Crippen molar-refractivity contribution in [3.05, 3.63) is 50.8 Å². The van der Waals surface area contributed by atoms with E-state index in [0.29, 0.717) is 34.9 Å². The highest BCUT2D eigenvalue weighted by Crippen LogP contribution is 2.43. The maximum atomic E-state index is 13.4. The predicted octanol–water partition coefficient (Wildman–Crippen LogP) is 2.16. The number of aliphatic hydroxyl groups excluding tert-OH is 1. The molecule has 2 N–H and O–H groups in total. The second-order valence-corrected chi connectivity index (χ2v) is 8.25. The summed E-state index contributed by atoms with van der Waals surface area (Å²) in [6.07, 6.45) is -0.403. The van der Waals surface area contributed by atoms with Gasteiger partial charge in [0.25, 0.3) is 5.56 Å². The molecule has 0 fully saturated rings. The van der Waals surface area contributed by atoms with Gasteiger partial charge in [0.05, 0.1) is 30.1 Å². The van der Waals surface area contributed by atoms with Gasteiger partial charge in [0.15, 0.2) is 17.8 Å². The third-order valence-electron chi connectivity index (χ3n) is 6.81. The molecule has 31 heavy (non-hydrogen) atoms. The molecule has 0 radical (unpaired) electrons. The SMILES string of the molecule is CCc1c2c(nc3cc4c(cc13)OCO4)-c1cc3c(c(=O)n1C2)COC(O)[C@]3(O)CC. The molecule has 0 spiro atoms. The molecule has 3 aliphatic heterocycles. The Balaban J connectivity index is 1.64. The van der Waals surface area contributed by atoms with Crippen molar-refractivity contribution in [1.29, 1.82) is 0 Å². The number of hydrogen-bond donors (Lipinski definition) is 2. The van der Waals surface area contributed by atoms with E-state index in [1.54, 1.807) is 17.6 Å². The molecular weight excluding hydrogens is 400 g/mol. The summed E-state index contributed by atoms with van der Waals surface area (Å²) in [5, 5.41) is 22.4. The summed E-state index contributed by atoms with van der Waals surface area (Å²) in [6, 6.07) is 5.62. The van der Waals surface area contributed by atoms with Crippen molar-refractivity contribution in [2.75, 3.05) is 6.79 Å². The number of ether oxygens (including phenoxy) is 3. The van der Waals surface area contributed by atoms with Gasteiger partial charge in [-0.2, -0.15) is 0 Å². The van der Waals surface area contributed by atoms with Crippen molar-refractivity contribution in [1.82, 2.24) is 9.55 Å². The molecule has 0 saturated carbocycles. The first kappa shape index (κ1) is 18.8. The van der Waals surface area contributed by atoms with Gasteiger partial charge in [-0.15, -0.1) is 0 Å². The van der Waals surface area contributed by atoms with Gasteiger partial charge in [-0.05, 0) is 30.5 Å². The average molecular weight is 422 g/mol. The second kappa shape index (κ2) is 6.29. The number of benzene rings is 1. The normalized spacial score (nSPS) is 23.0. The number of aryl methyl sites for hydroxylation is 1. The first-order valence-corrected chi connectivity index (χ1v) is 10.5. The molecule has 6 rings (SSSR count). The minimum atomic E-state index is -1.64. The average Bonchev–Trinajstić information content (AvgIpc) is 3.38. The summed E-state index contributed by atoms with van der Waals surface area (Å²) in [5.74, 6) is 1.36. The van der Waals surface area contributed by atoms with Crippen LogP contribution in [0.2, 0.25) is 0 Å². The minimum absolute atomic E-state index is 0.0360. The zero-order valence-corrected chi connectivity index (χ0v) is 17.3. The molecule has 3 aliphatic rings. The molecular formula is C23H22N2O6. The lowest BCUT2D eigenvalue weighted by Crippen LogP contribution is -2.47. The van der Waals surface area contributed by atoms with Gasteiger partial charge in [0.1, 0.15) is 5.60 Å². The quantitative estimate of drug-likeness (QED) is 0.510. The number of nitrogens with zero attached hydrogens (tertiary/aromatic N) is 2. The summed E-state index contributed by atoms with van der Waals surface area (Å²) in [5.41, 5.74) is 3.20. The Morgan fingerprint density at radius 1 is 1.19 bits per heavy atom. The summed E-state index contributed by atoms with van der Waals surface area (Å²) in [7, 11) is 0. The molecule has 2 atom stereocenters. The third-order valence-corrected chi connectivity index (χ3v) is 6.81. The Labute approximate surface area is 177 Å². The molecule has 3 aromatic rings. The maximum Gasteiger partial charge on any atom is 0.257 e. The van der Waals surface area contributed by atoms with Gasteiger partial charge < -0.3 is 29.0 Å². The lowest BCUT2D eigenvalue weighted by Gasteiger charge is -2.37. The highest BCUT2D eigenvalue weighted by molar-refractivity contribution is 5.90. The van der Waals surface area contributed by atoms with Crippen LogP contribution in [0.1, 0.15) is 42.5 Å². The lowest BCUT2D eigenvalue weighted by atomic mass is 9.85. The predicted molar refractivity (Wildman–Crippen MR) is 111 cm³/mol. The van der Waals surface area contributed by atoms with Crippen molar-refractivity contribution in [3.63, 3.8) is 0 Å². The lowest BCUT2D eigenvalue weighted by molar-refractivity contribution is -0.236. The molecule has 8 heteroatoms. The molecule has 1 aromatic carbocycles. The van der Waals surface area contributed by atoms with Crippen LogP contribution in [0, 0.1) is 0 Å². The first-order chi connectivity index (χ1) is 15.0. The Bertz CT molecular complexity index is 1330. The smallest absolute Gasteiger partial charge is 0.257 e. The minimum Gasteiger partial charge on any atom is -0.454 e. The van der Waals surface area contributed by atoms with Gasteiger partial charge >= 0.3 is 0 Å². The van der Waals surface area contributed by atoms with Gasteiger partial charge in [0, 0.05) is 28.1 Å². The number of pyridine rings is 2. The zero-order chi connectivity index (χ0) is 21.5. The van der Waals surface area contributed by atoms with Crippen molar-refractivity contribution in [3.8, 4) is 22.9 Å². The van der Waals surface area contributed by atoms with Crippen molar-refractivity contribution in [2.45, 2.75) is 51.7 Å². The van der Waals surface area contributed by atoms with E-state index in [-0.39, 0.29) is 25.4 Å². The van der Waals surface area contributed by atoms with Gasteiger partial charge in [-0.1, -0.05) is 13.8 Å². The molecule has 1 unspecified atom stereocenters. The second-order valence-electron chi connectivity index (χ2n) is 8.25. The van der Waals surface area contributed by atoms with Gasteiger partial charge in [-0.25, -0.2) is 4.98 Å². The fourth-order valence-corrected chi connectivity index (χ4v) is 5.07. The number of aromatic nitrogens is 2. The largest absolute Gasteiger partial charge is 0.454 e. The fourth-order valence-electron chi connectivity index (χ4n) is 5.07. The maximum absolute atomic E-state index is 13.4. The molecule has 0 saturated heterocycles. The summed E-state index contributed by atoms with van der Waals surface area (Å²) in [4.78, 5) is 18.3. The first-order valence-electron chi connectivity index (χ1n) is 10.5. The molecule has 2 aromatic heterocycles. The van der Waals surface area contributed by atoms with Crippen LogP contribution < -0.4 is 15.0 Å². The summed E-state index contributed by atoms with van der Waals surface area (Å²) >= 11 is 0. The van der Waals surface area contributed by atoms with E-state index < -0.39 is 11.9 Å². The van der Waals surface area contributed by atoms with Crippen LogP contribution >= 0.6 is 0 Å². The molecule has 0 aliphatic carbocycles. The number of aliphatic hydroxyl groups is 2. The van der Waals surface area contributed by atoms with Crippen LogP contribution in [0.3, 0.4) is 0 Å². The highest BCUT2D eigenvalue weighted by Gasteiger charge is 2.44. The summed E-state index contributed by atoms with van der Waals surface area (Å²) in [6.45, 7) is 4.40. The van der Waals surface area contributed by atoms with E-state index in [1.165, 1.54) is 0 Å². The van der Waals surface area contributed by atoms with Crippen molar-refractivity contribution >= 4 is 10.9 Å². The number of hydrogen-bond acceptors (Lipinski definition) is 7. The standard InChI is InChI=1S/C23H22N2O6/c1-3-11-12-5-18-19(31-10-30-18)7-16(12)24-20-13(11)8-25-17(20)6-15-14(21(25)26)9-29-22(27)23(15,28)4-2/h5-7,22,27-28H,3-4,8-10H2,1-2H3/t22?,23-/m0/s1. The number of rotatable bonds is 2. The zero-order valence-electron chi connectivity index (χ0n) is 17.3. The van der Waals surface area contributed by atoms with Crippen LogP contribution in [-0.4, -0.2) is 32.8 Å². The molecule has 0 bridgehead atoms. The van der Waals surface area contributed by atoms with E-state index in [9.17, 15) is 15.0 Å². The number of fused-ring (bicyclic) bond motifs is 6. The molecule has 160 valence electrons. The van der Waals surface area contributed by atoms with Crippen LogP contribution in [0.15, 0.2) is 23.0 Å². The van der Waals surface area contributed by atoms with Crippen LogP contribution in [0.5, 0.6) is 11.5 Å². The van der Waals surface area contributed by atoms with E-state index in [0.717, 1.165) is 34.1 Å². The molecule has 5 heterocycles. The fraction of sp³-hybridized carbons (Fsp3) is 0.391. The Morgan fingerprint density at radius 3 is 2.71 bits per heavy atom. The summed E-state index contributed by atoms with van der Waals surface area (Å²) < 4.78 is 18.1. The van der Waals surface area contributed by atoms with E-state index >= 15 is 0 Å². The molecule has 8 nitrogen and oxygen atoms in total. The topological polar surface area (TPSA) is 103 Å². The highest BCUT2D eigenvalue weighted by atomic mass is 16.7. The Kier molecular flexibility index (Phi) is 3.81. The van der Waals surface area contributed by atoms with E-state index in [1.807, 2.05) is 12.1 Å². The monoisotopic (exact) mass is 422 g/mol. The Morgan fingerprint density at radius 2 is 1.97 bits per heavy atom. The van der Waals surface area contributed by atoms with E-state index in [2.05, 4.69) is 6.92 Å². The van der Waals surface area contributed by atoms with E-state index in [4.69, 9.17) is 19.2 Å². The molecule has 0 amide bonds. The van der Waals surface area contributed by atoms with Crippen LogP contribution in [0.25, 0.3) is 22.3 Å². The van der Waals surface area contributed by atoms with Crippen LogP contribution in [0.4, 0.5) is 0 Å². The van der Waals surface area contributed by atoms with Gasteiger partial charge in [0.2, 0.25) is 6.79 Å². The van der Waals surface area contributed by atoms with Crippen molar-refractivity contribution < 1.29 is 24.4 Å². The van der Waals surface area contributed by atoms with Gasteiger partial charge in [-0.3, -0.25) is 4.79 Å². The van der Waals surface area contributed by atoms with Crippen LogP contribution in [-0.2, 0) is 29.9 Å². The third kappa shape index (κ3) is 2.35. The van der Waals surface area contributed by atoms with Crippen molar-refractivity contribution in [2.24, 2.45) is 0 Å². The Hall–Kier alpha value is -2.94.